The van der Waals surface area contributed by atoms with Gasteiger partial charge in [0, 0.05) is 11.9 Å². The van der Waals surface area contributed by atoms with Crippen LogP contribution < -0.4 is 5.32 Å². The Morgan fingerprint density at radius 2 is 2.25 bits per heavy atom. The Kier molecular flexibility index (Phi) is 4.04. The molecule has 1 atom stereocenters. The van der Waals surface area contributed by atoms with E-state index < -0.39 is 6.10 Å². The van der Waals surface area contributed by atoms with Crippen molar-refractivity contribution >= 4 is 17.4 Å². The normalized spacial score (nSPS) is 13.6. The molecule has 2 N–H and O–H groups in total. The van der Waals surface area contributed by atoms with Gasteiger partial charge in [0.05, 0.1) is 17.4 Å². The molecule has 0 aliphatic carbocycles. The van der Waals surface area contributed by atoms with Crippen molar-refractivity contribution in [1.29, 1.82) is 0 Å². The first-order chi connectivity index (χ1) is 7.32. The van der Waals surface area contributed by atoms with Gasteiger partial charge in [-0.05, 0) is 23.9 Å². The molecule has 1 aromatic heterocycles. The van der Waals surface area contributed by atoms with Crippen molar-refractivity contribution in [2.45, 2.75) is 33.8 Å². The zero-order valence-electron chi connectivity index (χ0n) is 10.1. The molecule has 1 aromatic rings. The average Bonchev–Trinajstić information content (AvgIpc) is 2.58. The fourth-order valence-corrected chi connectivity index (χ4v) is 1.79. The highest BCUT2D eigenvalue weighted by Crippen LogP contribution is 2.18. The minimum absolute atomic E-state index is 0.172. The first kappa shape index (κ1) is 13.1. The Morgan fingerprint density at radius 1 is 1.62 bits per heavy atom. The summed E-state index contributed by atoms with van der Waals surface area (Å²) < 4.78 is 4.03. The van der Waals surface area contributed by atoms with Crippen molar-refractivity contribution in [2.24, 2.45) is 5.41 Å². The summed E-state index contributed by atoms with van der Waals surface area (Å²) >= 11 is 1.26. The Labute approximate surface area is 99.9 Å². The molecule has 0 saturated carbocycles. The quantitative estimate of drug-likeness (QED) is 0.846. The molecule has 0 aromatic carbocycles. The van der Waals surface area contributed by atoms with Crippen LogP contribution in [-0.2, 0) is 0 Å². The lowest BCUT2D eigenvalue weighted by Gasteiger charge is -2.25. The molecule has 90 valence electrons. The third kappa shape index (κ3) is 3.28. The minimum atomic E-state index is -0.552. The van der Waals surface area contributed by atoms with Crippen LogP contribution in [0.4, 0.5) is 0 Å². The van der Waals surface area contributed by atoms with Gasteiger partial charge in [-0.3, -0.25) is 4.79 Å². The summed E-state index contributed by atoms with van der Waals surface area (Å²) in [4.78, 5) is 11.7. The highest BCUT2D eigenvalue weighted by Gasteiger charge is 2.23. The van der Waals surface area contributed by atoms with Gasteiger partial charge in [0.25, 0.3) is 5.91 Å². The molecule has 1 amide bonds. The first-order valence-corrected chi connectivity index (χ1v) is 6.03. The van der Waals surface area contributed by atoms with E-state index in [2.05, 4.69) is 9.69 Å². The monoisotopic (exact) mass is 242 g/mol. The third-order valence-electron chi connectivity index (χ3n) is 2.45. The number of aliphatic hydroxyl groups excluding tert-OH is 1. The third-order valence-corrected chi connectivity index (χ3v) is 3.17. The van der Waals surface area contributed by atoms with Crippen molar-refractivity contribution in [3.8, 4) is 0 Å². The summed E-state index contributed by atoms with van der Waals surface area (Å²) in [5.74, 6) is -0.172. The molecule has 0 bridgehead atoms. The van der Waals surface area contributed by atoms with Gasteiger partial charge >= 0.3 is 0 Å². The van der Waals surface area contributed by atoms with Crippen molar-refractivity contribution < 1.29 is 9.90 Å². The molecule has 0 spiro atoms. The van der Waals surface area contributed by atoms with E-state index in [1.165, 1.54) is 11.5 Å². The molecule has 1 heterocycles. The molecule has 16 heavy (non-hydrogen) atoms. The number of aliphatic hydroxyl groups is 1. The number of aryl methyl sites for hydroxylation is 1. The van der Waals surface area contributed by atoms with Crippen LogP contribution >= 0.6 is 11.5 Å². The van der Waals surface area contributed by atoms with E-state index in [4.69, 9.17) is 0 Å². The van der Waals surface area contributed by atoms with Crippen molar-refractivity contribution in [1.82, 2.24) is 9.69 Å². The number of hydrogen-bond donors (Lipinski definition) is 2. The van der Waals surface area contributed by atoms with E-state index in [9.17, 15) is 9.90 Å². The molecule has 0 radical (unpaired) electrons. The summed E-state index contributed by atoms with van der Waals surface area (Å²) in [7, 11) is 0. The lowest BCUT2D eigenvalue weighted by atomic mass is 9.89. The van der Waals surface area contributed by atoms with Crippen molar-refractivity contribution in [3.05, 3.63) is 16.6 Å². The molecule has 0 saturated heterocycles. The Balaban J connectivity index is 2.52. The van der Waals surface area contributed by atoms with Gasteiger partial charge in [-0.15, -0.1) is 0 Å². The highest BCUT2D eigenvalue weighted by atomic mass is 32.1. The van der Waals surface area contributed by atoms with Gasteiger partial charge < -0.3 is 10.4 Å². The topological polar surface area (TPSA) is 62.2 Å². The molecular formula is C11H18N2O2S. The number of carbonyl (C=O) groups is 1. The predicted octanol–water partition coefficient (Wildman–Crippen LogP) is 1.59. The first-order valence-electron chi connectivity index (χ1n) is 5.19. The second-order valence-corrected chi connectivity index (χ2v) is 5.53. The van der Waals surface area contributed by atoms with Gasteiger partial charge in [0.2, 0.25) is 0 Å². The van der Waals surface area contributed by atoms with E-state index in [-0.39, 0.29) is 17.9 Å². The lowest BCUT2D eigenvalue weighted by Crippen LogP contribution is -2.39. The van der Waals surface area contributed by atoms with Gasteiger partial charge in [-0.25, -0.2) is 0 Å². The summed E-state index contributed by atoms with van der Waals surface area (Å²) in [5.41, 5.74) is 1.09. The van der Waals surface area contributed by atoms with Crippen molar-refractivity contribution in [3.63, 3.8) is 0 Å². The Morgan fingerprint density at radius 3 is 2.69 bits per heavy atom. The number of aromatic nitrogens is 1. The second kappa shape index (κ2) is 4.93. The van der Waals surface area contributed by atoms with Crippen LogP contribution in [0, 0.1) is 12.3 Å². The summed E-state index contributed by atoms with van der Waals surface area (Å²) in [6.07, 6.45) is -0.552. The number of amides is 1. The van der Waals surface area contributed by atoms with Crippen LogP contribution in [0.25, 0.3) is 0 Å². The van der Waals surface area contributed by atoms with Gasteiger partial charge in [0.1, 0.15) is 0 Å². The van der Waals surface area contributed by atoms with E-state index in [0.717, 1.165) is 5.69 Å². The van der Waals surface area contributed by atoms with Gasteiger partial charge in [0.15, 0.2) is 0 Å². The number of rotatable bonds is 3. The fourth-order valence-electron chi connectivity index (χ4n) is 1.10. The molecule has 0 fully saturated rings. The average molecular weight is 242 g/mol. The van der Waals surface area contributed by atoms with E-state index >= 15 is 0 Å². The number of carbonyl (C=O) groups excluding carboxylic acids is 1. The molecule has 0 aliphatic heterocycles. The minimum Gasteiger partial charge on any atom is -0.391 e. The van der Waals surface area contributed by atoms with Crippen LogP contribution in [0.1, 0.15) is 36.8 Å². The van der Waals surface area contributed by atoms with E-state index in [1.54, 1.807) is 12.3 Å². The molecule has 1 unspecified atom stereocenters. The number of nitrogens with zero attached hydrogens (tertiary/aromatic N) is 1. The maximum Gasteiger partial charge on any atom is 0.254 e. The van der Waals surface area contributed by atoms with Gasteiger partial charge in [-0.1, -0.05) is 20.8 Å². The van der Waals surface area contributed by atoms with Crippen LogP contribution in [0.3, 0.4) is 0 Å². The largest absolute Gasteiger partial charge is 0.391 e. The Hall–Kier alpha value is -0.940. The molecule has 5 heteroatoms. The van der Waals surface area contributed by atoms with Crippen LogP contribution in [0.2, 0.25) is 0 Å². The smallest absolute Gasteiger partial charge is 0.254 e. The van der Waals surface area contributed by atoms with Crippen LogP contribution in [-0.4, -0.2) is 28.0 Å². The maximum atomic E-state index is 11.7. The van der Waals surface area contributed by atoms with E-state index in [1.807, 2.05) is 20.8 Å². The second-order valence-electron chi connectivity index (χ2n) is 4.91. The van der Waals surface area contributed by atoms with E-state index in [0.29, 0.717) is 5.56 Å². The maximum absolute atomic E-state index is 11.7. The molecule has 0 aliphatic rings. The predicted molar refractivity (Wildman–Crippen MR) is 64.6 cm³/mol. The lowest BCUT2D eigenvalue weighted by molar-refractivity contribution is 0.0587. The molecule has 1 rings (SSSR count). The zero-order chi connectivity index (χ0) is 12.3. The van der Waals surface area contributed by atoms with Crippen LogP contribution in [0.15, 0.2) is 5.38 Å². The van der Waals surface area contributed by atoms with Gasteiger partial charge in [-0.2, -0.15) is 4.37 Å². The van der Waals surface area contributed by atoms with Crippen molar-refractivity contribution in [2.75, 3.05) is 6.54 Å². The number of nitrogens with one attached hydrogen (secondary N) is 1. The zero-order valence-corrected chi connectivity index (χ0v) is 10.9. The molecule has 4 nitrogen and oxygen atoms in total. The number of hydrogen-bond acceptors (Lipinski definition) is 4. The standard InChI is InChI=1S/C11H18N2O2S/c1-7-8(6-16-13-7)10(15)12-5-9(14)11(2,3)4/h6,9,14H,5H2,1-4H3,(H,12,15). The Bertz CT molecular complexity index is 368. The van der Waals surface area contributed by atoms with Crippen LogP contribution in [0.5, 0.6) is 0 Å². The summed E-state index contributed by atoms with van der Waals surface area (Å²) in [6.45, 7) is 7.85. The highest BCUT2D eigenvalue weighted by molar-refractivity contribution is 7.03. The summed E-state index contributed by atoms with van der Waals surface area (Å²) in [5, 5.41) is 14.2. The SMILES string of the molecule is Cc1nscc1C(=O)NCC(O)C(C)(C)C. The summed E-state index contributed by atoms with van der Waals surface area (Å²) in [6, 6.07) is 0. The fraction of sp³-hybridized carbons (Fsp3) is 0.636. The molecular weight excluding hydrogens is 224 g/mol.